The van der Waals surface area contributed by atoms with Crippen molar-refractivity contribution in [3.63, 3.8) is 0 Å². The molecule has 0 saturated heterocycles. The van der Waals surface area contributed by atoms with Crippen LogP contribution < -0.4 is 0 Å². The maximum Gasteiger partial charge on any atom is 0.367 e. The van der Waals surface area contributed by atoms with Crippen LogP contribution in [-0.4, -0.2) is 28.2 Å². The van der Waals surface area contributed by atoms with E-state index < -0.39 is 15.8 Å². The Morgan fingerprint density at radius 2 is 1.64 bits per heavy atom. The molecule has 2 rings (SSSR count). The van der Waals surface area contributed by atoms with Crippen LogP contribution in [0.4, 0.5) is 0 Å². The molecule has 0 fully saturated rings. The molecule has 0 amide bonds. The standard InChI is InChI=1S/C21H25NO4S2/c1-15-7-11-17(12-8-15)27-19(20(23)25-5)22-26-28(6,24)18-13-9-16(10-14-18)21(2,3)4/h7-14H,6H2,1-5H3. The number of thioether (sulfide) groups is 1. The van der Waals surface area contributed by atoms with E-state index >= 15 is 0 Å². The Morgan fingerprint density at radius 1 is 1.07 bits per heavy atom. The minimum atomic E-state index is -3.17. The molecule has 0 saturated carbocycles. The van der Waals surface area contributed by atoms with Crippen molar-refractivity contribution in [1.82, 2.24) is 0 Å². The van der Waals surface area contributed by atoms with E-state index in [4.69, 9.17) is 9.02 Å². The first kappa shape index (κ1) is 22.0. The SMILES string of the molecule is C=S(=O)(ON=C(Sc1ccc(C)cc1)C(=O)OC)c1ccc(C(C)(C)C)cc1. The summed E-state index contributed by atoms with van der Waals surface area (Å²) in [6.45, 7) is 8.25. The maximum atomic E-state index is 12.9. The third kappa shape index (κ3) is 5.87. The zero-order chi connectivity index (χ0) is 20.9. The van der Waals surface area contributed by atoms with Crippen molar-refractivity contribution < 1.29 is 18.0 Å². The van der Waals surface area contributed by atoms with Gasteiger partial charge in [-0.15, -0.1) is 0 Å². The van der Waals surface area contributed by atoms with Crippen molar-refractivity contribution in [3.05, 3.63) is 59.7 Å². The molecule has 5 nitrogen and oxygen atoms in total. The van der Waals surface area contributed by atoms with Gasteiger partial charge in [-0.3, -0.25) is 4.28 Å². The Balaban J connectivity index is 2.24. The number of esters is 1. The average Bonchev–Trinajstić information content (AvgIpc) is 2.65. The summed E-state index contributed by atoms with van der Waals surface area (Å²) in [5.41, 5.74) is 2.17. The molecule has 0 aliphatic heterocycles. The first-order valence-electron chi connectivity index (χ1n) is 8.60. The molecule has 7 heteroatoms. The van der Waals surface area contributed by atoms with Gasteiger partial charge in [0.1, 0.15) is 0 Å². The zero-order valence-corrected chi connectivity index (χ0v) is 18.4. The van der Waals surface area contributed by atoms with Crippen LogP contribution in [-0.2, 0) is 29.0 Å². The van der Waals surface area contributed by atoms with Gasteiger partial charge in [-0.2, -0.15) is 0 Å². The summed E-state index contributed by atoms with van der Waals surface area (Å²) in [6, 6.07) is 14.7. The van der Waals surface area contributed by atoms with Crippen LogP contribution in [0.3, 0.4) is 0 Å². The van der Waals surface area contributed by atoms with E-state index in [9.17, 15) is 9.00 Å². The fourth-order valence-corrected chi connectivity index (χ4v) is 3.82. The number of methoxy groups -OCH3 is 1. The smallest absolute Gasteiger partial charge is 0.367 e. The summed E-state index contributed by atoms with van der Waals surface area (Å²) < 4.78 is 22.8. The first-order valence-corrected chi connectivity index (χ1v) is 11.1. The Labute approximate surface area is 171 Å². The van der Waals surface area contributed by atoms with Crippen molar-refractivity contribution in [2.45, 2.75) is 42.9 Å². The topological polar surface area (TPSA) is 65.0 Å². The summed E-state index contributed by atoms with van der Waals surface area (Å²) in [6.07, 6.45) is 0. The monoisotopic (exact) mass is 419 g/mol. The summed E-state index contributed by atoms with van der Waals surface area (Å²) in [4.78, 5) is 13.2. The highest BCUT2D eigenvalue weighted by molar-refractivity contribution is 8.15. The highest BCUT2D eigenvalue weighted by Crippen LogP contribution is 2.25. The fourth-order valence-electron chi connectivity index (χ4n) is 2.20. The number of carbonyl (C=O) groups excluding carboxylic acids is 1. The molecule has 0 spiro atoms. The molecule has 150 valence electrons. The highest BCUT2D eigenvalue weighted by atomic mass is 32.2. The lowest BCUT2D eigenvalue weighted by Crippen LogP contribution is -2.14. The van der Waals surface area contributed by atoms with Crippen molar-refractivity contribution in [3.8, 4) is 0 Å². The van der Waals surface area contributed by atoms with Gasteiger partial charge in [0, 0.05) is 4.90 Å². The van der Waals surface area contributed by atoms with E-state index in [0.717, 1.165) is 27.8 Å². The molecule has 1 unspecified atom stereocenters. The third-order valence-electron chi connectivity index (χ3n) is 3.92. The van der Waals surface area contributed by atoms with Crippen molar-refractivity contribution >= 4 is 38.4 Å². The van der Waals surface area contributed by atoms with Crippen LogP contribution in [0.1, 0.15) is 31.9 Å². The van der Waals surface area contributed by atoms with Gasteiger partial charge in [0.15, 0.2) is 9.80 Å². The van der Waals surface area contributed by atoms with Gasteiger partial charge in [0.05, 0.1) is 12.0 Å². The molecule has 0 aromatic heterocycles. The summed E-state index contributed by atoms with van der Waals surface area (Å²) in [5.74, 6) is 2.97. The molecule has 0 aliphatic carbocycles. The van der Waals surface area contributed by atoms with E-state index in [0.29, 0.717) is 4.90 Å². The van der Waals surface area contributed by atoms with Gasteiger partial charge in [-0.25, -0.2) is 9.00 Å². The van der Waals surface area contributed by atoms with Crippen LogP contribution in [0.5, 0.6) is 0 Å². The zero-order valence-electron chi connectivity index (χ0n) is 16.7. The molecule has 0 aliphatic rings. The van der Waals surface area contributed by atoms with E-state index in [-0.39, 0.29) is 10.5 Å². The quantitative estimate of drug-likeness (QED) is 0.181. The summed E-state index contributed by atoms with van der Waals surface area (Å²) in [7, 11) is -1.92. The van der Waals surface area contributed by atoms with Gasteiger partial charge in [-0.1, -0.05) is 67.5 Å². The van der Waals surface area contributed by atoms with Crippen LogP contribution in [0.2, 0.25) is 0 Å². The summed E-state index contributed by atoms with van der Waals surface area (Å²) >= 11 is 1.07. The Kier molecular flexibility index (Phi) is 6.96. The lowest BCUT2D eigenvalue weighted by atomic mass is 9.87. The minimum absolute atomic E-state index is 0.0255. The number of hydrogen-bond donors (Lipinski definition) is 0. The molecule has 0 N–H and O–H groups in total. The molecule has 0 radical (unpaired) electrons. The van der Waals surface area contributed by atoms with E-state index in [2.05, 4.69) is 31.8 Å². The van der Waals surface area contributed by atoms with Crippen molar-refractivity contribution in [1.29, 1.82) is 0 Å². The van der Waals surface area contributed by atoms with Gasteiger partial charge < -0.3 is 4.74 Å². The number of rotatable bonds is 4. The van der Waals surface area contributed by atoms with Crippen LogP contribution in [0, 0.1) is 6.92 Å². The van der Waals surface area contributed by atoms with Gasteiger partial charge in [0.25, 0.3) is 0 Å². The number of hydrogen-bond acceptors (Lipinski definition) is 6. The average molecular weight is 420 g/mol. The Hall–Kier alpha value is -2.25. The number of carbonyl (C=O) groups is 1. The normalized spacial score (nSPS) is 14.2. The molecule has 2 aromatic rings. The number of nitrogens with zero attached hydrogens (tertiary/aromatic N) is 1. The predicted molar refractivity (Wildman–Crippen MR) is 116 cm³/mol. The maximum absolute atomic E-state index is 12.9. The van der Waals surface area contributed by atoms with Gasteiger partial charge in [-0.05, 0) is 48.0 Å². The fraction of sp³-hybridized carbons (Fsp3) is 0.286. The number of benzene rings is 2. The second-order valence-corrected chi connectivity index (χ2v) is 10.2. The van der Waals surface area contributed by atoms with Crippen LogP contribution >= 0.6 is 11.8 Å². The van der Waals surface area contributed by atoms with Gasteiger partial charge in [0.2, 0.25) is 5.04 Å². The predicted octanol–water partition coefficient (Wildman–Crippen LogP) is 4.58. The summed E-state index contributed by atoms with van der Waals surface area (Å²) in [5, 5.41) is 3.74. The van der Waals surface area contributed by atoms with Crippen LogP contribution in [0.15, 0.2) is 63.5 Å². The van der Waals surface area contributed by atoms with Gasteiger partial charge >= 0.3 is 5.97 Å². The molecular weight excluding hydrogens is 394 g/mol. The van der Waals surface area contributed by atoms with Crippen LogP contribution in [0.25, 0.3) is 0 Å². The number of oxime groups is 1. The highest BCUT2D eigenvalue weighted by Gasteiger charge is 2.18. The lowest BCUT2D eigenvalue weighted by molar-refractivity contribution is -0.132. The minimum Gasteiger partial charge on any atom is -0.464 e. The number of aryl methyl sites for hydroxylation is 1. The molecule has 2 aromatic carbocycles. The molecule has 1 atom stereocenters. The third-order valence-corrected chi connectivity index (χ3v) is 6.16. The Bertz CT molecular complexity index is 955. The van der Waals surface area contributed by atoms with E-state index in [1.54, 1.807) is 12.1 Å². The molecule has 0 heterocycles. The second-order valence-electron chi connectivity index (χ2n) is 7.27. The van der Waals surface area contributed by atoms with Crippen molar-refractivity contribution in [2.24, 2.45) is 5.16 Å². The first-order chi connectivity index (χ1) is 13.0. The van der Waals surface area contributed by atoms with Crippen molar-refractivity contribution in [2.75, 3.05) is 7.11 Å². The van der Waals surface area contributed by atoms with E-state index in [1.165, 1.54) is 7.11 Å². The Morgan fingerprint density at radius 3 is 2.14 bits per heavy atom. The molecule has 0 bridgehead atoms. The molecule has 28 heavy (non-hydrogen) atoms. The van der Waals surface area contributed by atoms with E-state index in [1.807, 2.05) is 43.3 Å². The second kappa shape index (κ2) is 8.84. The lowest BCUT2D eigenvalue weighted by Gasteiger charge is -2.19. The number of ether oxygens (including phenoxy) is 1. The molecular formula is C21H25NO4S2. The largest absolute Gasteiger partial charge is 0.464 e.